The zero-order valence-electron chi connectivity index (χ0n) is 9.66. The van der Waals surface area contributed by atoms with Crippen LogP contribution in [0.1, 0.15) is 23.5 Å². The molecule has 6 heteroatoms. The van der Waals surface area contributed by atoms with Crippen molar-refractivity contribution in [2.75, 3.05) is 6.54 Å². The number of nitrogens with two attached hydrogens (primary N) is 1. The number of hydrogen-bond acceptors (Lipinski definition) is 4. The van der Waals surface area contributed by atoms with Gasteiger partial charge in [-0.25, -0.2) is 4.98 Å². The number of rotatable bonds is 5. The fraction of sp³-hybridized carbons (Fsp3) is 0.545. The van der Waals surface area contributed by atoms with Crippen molar-refractivity contribution in [1.29, 1.82) is 0 Å². The van der Waals surface area contributed by atoms with E-state index in [2.05, 4.69) is 10.3 Å². The van der Waals surface area contributed by atoms with Crippen molar-refractivity contribution in [2.24, 2.45) is 11.1 Å². The minimum Gasteiger partial charge on any atom is -0.392 e. The maximum Gasteiger partial charge on any atom is 0.233 e. The monoisotopic (exact) mass is 269 g/mol. The van der Waals surface area contributed by atoms with E-state index in [-0.39, 0.29) is 5.91 Å². The van der Waals surface area contributed by atoms with Crippen molar-refractivity contribution >= 4 is 34.5 Å². The molecule has 1 aliphatic carbocycles. The summed E-state index contributed by atoms with van der Waals surface area (Å²) < 4.78 is 0. The molecule has 4 nitrogen and oxygen atoms in total. The van der Waals surface area contributed by atoms with Crippen LogP contribution < -0.4 is 11.1 Å². The lowest BCUT2D eigenvalue weighted by Gasteiger charge is -2.12. The van der Waals surface area contributed by atoms with Crippen LogP contribution in [-0.4, -0.2) is 22.4 Å². The van der Waals surface area contributed by atoms with Crippen LogP contribution >= 0.6 is 23.6 Å². The van der Waals surface area contributed by atoms with Gasteiger partial charge in [0.2, 0.25) is 5.91 Å². The van der Waals surface area contributed by atoms with Gasteiger partial charge in [0.15, 0.2) is 0 Å². The lowest BCUT2D eigenvalue weighted by Crippen LogP contribution is -2.40. The number of aryl methyl sites for hydroxylation is 1. The second-order valence-electron chi connectivity index (χ2n) is 4.33. The van der Waals surface area contributed by atoms with Gasteiger partial charge in [0.25, 0.3) is 0 Å². The van der Waals surface area contributed by atoms with Gasteiger partial charge >= 0.3 is 0 Å². The summed E-state index contributed by atoms with van der Waals surface area (Å²) >= 11 is 6.54. The Labute approximate surface area is 110 Å². The van der Waals surface area contributed by atoms with Gasteiger partial charge in [0.1, 0.15) is 0 Å². The zero-order chi connectivity index (χ0) is 12.5. The molecule has 1 saturated carbocycles. The van der Waals surface area contributed by atoms with Crippen LogP contribution in [0.25, 0.3) is 0 Å². The molecular formula is C11H15N3OS2. The maximum absolute atomic E-state index is 11.9. The number of carbonyl (C=O) groups is 1. The molecule has 0 spiro atoms. The molecule has 0 atom stereocenters. The van der Waals surface area contributed by atoms with Gasteiger partial charge in [-0.05, 0) is 19.8 Å². The molecule has 1 aliphatic rings. The molecule has 17 heavy (non-hydrogen) atoms. The van der Waals surface area contributed by atoms with E-state index in [1.807, 2.05) is 12.3 Å². The second kappa shape index (κ2) is 4.70. The third kappa shape index (κ3) is 2.63. The first-order valence-electron chi connectivity index (χ1n) is 5.54. The number of thiocarbonyl (C=S) groups is 1. The van der Waals surface area contributed by atoms with Gasteiger partial charge < -0.3 is 11.1 Å². The van der Waals surface area contributed by atoms with Crippen LogP contribution in [0.5, 0.6) is 0 Å². The molecule has 0 unspecified atom stereocenters. The fourth-order valence-corrected chi connectivity index (χ4v) is 2.75. The van der Waals surface area contributed by atoms with Crippen LogP contribution in [0.2, 0.25) is 0 Å². The van der Waals surface area contributed by atoms with E-state index in [9.17, 15) is 4.79 Å². The van der Waals surface area contributed by atoms with Crippen molar-refractivity contribution in [2.45, 2.75) is 26.2 Å². The highest BCUT2D eigenvalue weighted by atomic mass is 32.1. The highest BCUT2D eigenvalue weighted by Crippen LogP contribution is 2.46. The largest absolute Gasteiger partial charge is 0.392 e. The summed E-state index contributed by atoms with van der Waals surface area (Å²) in [6.45, 7) is 2.56. The summed E-state index contributed by atoms with van der Waals surface area (Å²) in [6.07, 6.45) is 2.33. The molecule has 0 radical (unpaired) electrons. The number of aromatic nitrogens is 1. The van der Waals surface area contributed by atoms with Gasteiger partial charge in [-0.1, -0.05) is 12.2 Å². The Hall–Kier alpha value is -1.01. The van der Waals surface area contributed by atoms with Crippen molar-refractivity contribution in [1.82, 2.24) is 10.3 Å². The van der Waals surface area contributed by atoms with Crippen LogP contribution in [-0.2, 0) is 11.2 Å². The van der Waals surface area contributed by atoms with Crippen LogP contribution in [0.15, 0.2) is 5.38 Å². The third-order valence-corrected chi connectivity index (χ3v) is 4.36. The highest BCUT2D eigenvalue weighted by Gasteiger charge is 2.52. The van der Waals surface area contributed by atoms with E-state index >= 15 is 0 Å². The summed E-state index contributed by atoms with van der Waals surface area (Å²) in [7, 11) is 0. The first-order valence-corrected chi connectivity index (χ1v) is 6.82. The number of nitrogens with zero attached hydrogens (tertiary/aromatic N) is 1. The molecule has 1 aromatic rings. The molecule has 2 rings (SSSR count). The molecule has 1 heterocycles. The molecule has 1 amide bonds. The van der Waals surface area contributed by atoms with Crippen molar-refractivity contribution in [3.8, 4) is 0 Å². The van der Waals surface area contributed by atoms with Crippen molar-refractivity contribution in [3.63, 3.8) is 0 Å². The summed E-state index contributed by atoms with van der Waals surface area (Å²) in [5.74, 6) is -0.0294. The first kappa shape index (κ1) is 12.4. The molecule has 1 aromatic heterocycles. The Kier molecular flexibility index (Phi) is 3.44. The highest BCUT2D eigenvalue weighted by molar-refractivity contribution is 7.80. The normalized spacial score (nSPS) is 16.5. The van der Waals surface area contributed by atoms with Crippen LogP contribution in [0, 0.1) is 12.3 Å². The van der Waals surface area contributed by atoms with Crippen LogP contribution in [0.3, 0.4) is 0 Å². The molecule has 0 bridgehead atoms. The lowest BCUT2D eigenvalue weighted by atomic mass is 10.1. The Morgan fingerprint density at radius 2 is 2.41 bits per heavy atom. The van der Waals surface area contributed by atoms with Crippen molar-refractivity contribution < 1.29 is 4.79 Å². The molecule has 1 fully saturated rings. The number of hydrogen-bond donors (Lipinski definition) is 2. The summed E-state index contributed by atoms with van der Waals surface area (Å²) in [6, 6.07) is 0. The van der Waals surface area contributed by atoms with E-state index in [4.69, 9.17) is 18.0 Å². The van der Waals surface area contributed by atoms with Gasteiger partial charge in [0.05, 0.1) is 15.4 Å². The number of amides is 1. The minimum atomic E-state index is -0.547. The number of carbonyl (C=O) groups excluding carboxylic acids is 1. The molecule has 92 valence electrons. The standard InChI is InChI=1S/C11H15N3OS2/c1-7-6-17-8(14-7)2-5-13-10(15)11(3-4-11)9(12)16/h6H,2-5H2,1H3,(H2,12,16)(H,13,15). The van der Waals surface area contributed by atoms with E-state index in [0.29, 0.717) is 11.5 Å². The minimum absolute atomic E-state index is 0.0294. The van der Waals surface area contributed by atoms with E-state index in [1.165, 1.54) is 0 Å². The Bertz CT molecular complexity index is 451. The fourth-order valence-electron chi connectivity index (χ4n) is 1.68. The predicted octanol–water partition coefficient (Wildman–Crippen LogP) is 1.18. The van der Waals surface area contributed by atoms with Gasteiger partial charge in [-0.15, -0.1) is 11.3 Å². The smallest absolute Gasteiger partial charge is 0.233 e. The molecule has 0 aromatic carbocycles. The average Bonchev–Trinajstić information content (AvgIpc) is 2.99. The van der Waals surface area contributed by atoms with Gasteiger partial charge in [-0.2, -0.15) is 0 Å². The van der Waals surface area contributed by atoms with E-state index < -0.39 is 5.41 Å². The Morgan fingerprint density at radius 3 is 2.88 bits per heavy atom. The molecular weight excluding hydrogens is 254 g/mol. The third-order valence-electron chi connectivity index (χ3n) is 2.95. The topological polar surface area (TPSA) is 68.0 Å². The average molecular weight is 269 g/mol. The van der Waals surface area contributed by atoms with Crippen LogP contribution in [0.4, 0.5) is 0 Å². The van der Waals surface area contributed by atoms with E-state index in [1.54, 1.807) is 11.3 Å². The van der Waals surface area contributed by atoms with E-state index in [0.717, 1.165) is 30.0 Å². The second-order valence-corrected chi connectivity index (χ2v) is 5.72. The lowest BCUT2D eigenvalue weighted by molar-refractivity contribution is -0.123. The first-order chi connectivity index (χ1) is 8.04. The maximum atomic E-state index is 11.9. The van der Waals surface area contributed by atoms with Gasteiger partial charge in [-0.3, -0.25) is 4.79 Å². The Morgan fingerprint density at radius 1 is 1.71 bits per heavy atom. The summed E-state index contributed by atoms with van der Waals surface area (Å²) in [4.78, 5) is 16.5. The summed E-state index contributed by atoms with van der Waals surface area (Å²) in [5, 5.41) is 5.94. The Balaban J connectivity index is 1.79. The quantitative estimate of drug-likeness (QED) is 0.788. The summed E-state index contributed by atoms with van der Waals surface area (Å²) in [5.41, 5.74) is 6.06. The van der Waals surface area contributed by atoms with Crippen molar-refractivity contribution in [3.05, 3.63) is 16.1 Å². The SMILES string of the molecule is Cc1csc(CCNC(=O)C2(C(N)=S)CC2)n1. The number of nitrogens with one attached hydrogen (secondary N) is 1. The molecule has 0 saturated heterocycles. The number of thiazole rings is 1. The van der Waals surface area contributed by atoms with Gasteiger partial charge in [0, 0.05) is 24.0 Å². The molecule has 0 aliphatic heterocycles. The zero-order valence-corrected chi connectivity index (χ0v) is 11.3. The predicted molar refractivity (Wildman–Crippen MR) is 72.0 cm³/mol. The molecule has 3 N–H and O–H groups in total.